The van der Waals surface area contributed by atoms with E-state index in [-0.39, 0.29) is 5.69 Å². The van der Waals surface area contributed by atoms with Gasteiger partial charge in [0.2, 0.25) is 0 Å². The summed E-state index contributed by atoms with van der Waals surface area (Å²) in [5, 5.41) is 14.7. The minimum absolute atomic E-state index is 0.0685. The summed E-state index contributed by atoms with van der Waals surface area (Å²) in [7, 11) is 0. The molecule has 7 heteroatoms. The molecule has 0 aliphatic rings. The second-order valence-electron chi connectivity index (χ2n) is 5.65. The Bertz CT molecular complexity index is 1120. The summed E-state index contributed by atoms with van der Waals surface area (Å²) < 4.78 is 1.52. The summed E-state index contributed by atoms with van der Waals surface area (Å²) >= 11 is 11.9. The van der Waals surface area contributed by atoms with E-state index in [9.17, 15) is 9.90 Å². The normalized spacial score (nSPS) is 11.0. The van der Waals surface area contributed by atoms with Gasteiger partial charge < -0.3 is 5.11 Å². The second-order valence-corrected chi connectivity index (χ2v) is 6.52. The molecule has 0 atom stereocenters. The van der Waals surface area contributed by atoms with E-state index in [1.54, 1.807) is 24.3 Å². The average molecular weight is 384 g/mol. The van der Waals surface area contributed by atoms with E-state index in [0.717, 1.165) is 11.1 Å². The first-order valence-electron chi connectivity index (χ1n) is 7.67. The molecule has 0 aliphatic carbocycles. The van der Waals surface area contributed by atoms with Crippen molar-refractivity contribution in [1.82, 2.24) is 14.6 Å². The van der Waals surface area contributed by atoms with Gasteiger partial charge in [0.05, 0.1) is 11.4 Å². The molecular formula is C19H11Cl2N3O2. The van der Waals surface area contributed by atoms with E-state index in [4.69, 9.17) is 23.2 Å². The van der Waals surface area contributed by atoms with Crippen LogP contribution in [0.25, 0.3) is 28.2 Å². The Kier molecular flexibility index (Phi) is 4.11. The first-order valence-corrected chi connectivity index (χ1v) is 8.43. The maximum absolute atomic E-state index is 11.3. The fourth-order valence-corrected chi connectivity index (χ4v) is 2.93. The molecule has 2 aromatic heterocycles. The number of benzene rings is 2. The first-order chi connectivity index (χ1) is 12.5. The molecular weight excluding hydrogens is 373 g/mol. The Morgan fingerprint density at radius 3 is 2.04 bits per heavy atom. The highest BCUT2D eigenvalue weighted by Crippen LogP contribution is 2.28. The smallest absolute Gasteiger partial charge is 0.356 e. The van der Waals surface area contributed by atoms with Gasteiger partial charge in [0.25, 0.3) is 0 Å². The van der Waals surface area contributed by atoms with Gasteiger partial charge in [0.15, 0.2) is 11.3 Å². The standard InChI is InChI=1S/C19H11Cl2N3O2/c20-13-5-1-11(2-6-13)15-9-17(12-3-7-14(21)8-4-12)24-18(22-15)10-16(23-24)19(25)26/h1-10H,(H,25,26). The highest BCUT2D eigenvalue weighted by molar-refractivity contribution is 6.30. The number of nitrogens with zero attached hydrogens (tertiary/aromatic N) is 3. The van der Waals surface area contributed by atoms with Crippen LogP contribution in [-0.4, -0.2) is 25.7 Å². The van der Waals surface area contributed by atoms with Crippen LogP contribution < -0.4 is 0 Å². The quantitative estimate of drug-likeness (QED) is 0.536. The lowest BCUT2D eigenvalue weighted by molar-refractivity contribution is 0.0690. The summed E-state index contributed by atoms with van der Waals surface area (Å²) in [5.74, 6) is -1.11. The maximum atomic E-state index is 11.3. The lowest BCUT2D eigenvalue weighted by Crippen LogP contribution is -2.01. The fraction of sp³-hybridized carbons (Fsp3) is 0. The predicted molar refractivity (Wildman–Crippen MR) is 101 cm³/mol. The van der Waals surface area contributed by atoms with E-state index in [2.05, 4.69) is 10.1 Å². The van der Waals surface area contributed by atoms with Crippen molar-refractivity contribution in [1.29, 1.82) is 0 Å². The molecule has 4 rings (SSSR count). The van der Waals surface area contributed by atoms with Gasteiger partial charge in [-0.2, -0.15) is 5.10 Å². The highest BCUT2D eigenvalue weighted by atomic mass is 35.5. The second kappa shape index (κ2) is 6.44. The summed E-state index contributed by atoms with van der Waals surface area (Å²) in [4.78, 5) is 15.9. The topological polar surface area (TPSA) is 67.5 Å². The lowest BCUT2D eigenvalue weighted by atomic mass is 10.1. The van der Waals surface area contributed by atoms with Crippen molar-refractivity contribution in [2.75, 3.05) is 0 Å². The van der Waals surface area contributed by atoms with Gasteiger partial charge in [-0.15, -0.1) is 0 Å². The van der Waals surface area contributed by atoms with Gasteiger partial charge in [0.1, 0.15) is 0 Å². The summed E-state index contributed by atoms with van der Waals surface area (Å²) in [6.45, 7) is 0. The van der Waals surface area contributed by atoms with Gasteiger partial charge >= 0.3 is 5.97 Å². The Labute approximate surface area is 158 Å². The van der Waals surface area contributed by atoms with Crippen molar-refractivity contribution in [3.8, 4) is 22.5 Å². The number of fused-ring (bicyclic) bond motifs is 1. The predicted octanol–water partition coefficient (Wildman–Crippen LogP) is 5.07. The molecule has 26 heavy (non-hydrogen) atoms. The van der Waals surface area contributed by atoms with Gasteiger partial charge in [-0.3, -0.25) is 0 Å². The van der Waals surface area contributed by atoms with Crippen LogP contribution in [0.1, 0.15) is 10.5 Å². The van der Waals surface area contributed by atoms with Crippen LogP contribution in [0.15, 0.2) is 60.7 Å². The molecule has 0 bridgehead atoms. The summed E-state index contributed by atoms with van der Waals surface area (Å²) in [6, 6.07) is 17.8. The number of hydrogen-bond donors (Lipinski definition) is 1. The molecule has 5 nitrogen and oxygen atoms in total. The molecule has 0 unspecified atom stereocenters. The number of aromatic nitrogens is 3. The van der Waals surface area contributed by atoms with Crippen molar-refractivity contribution in [2.45, 2.75) is 0 Å². The van der Waals surface area contributed by atoms with Crippen LogP contribution in [0.3, 0.4) is 0 Å². The molecule has 0 fully saturated rings. The van der Waals surface area contributed by atoms with Crippen LogP contribution in [0.4, 0.5) is 0 Å². The van der Waals surface area contributed by atoms with Crippen LogP contribution in [0.5, 0.6) is 0 Å². The van der Waals surface area contributed by atoms with Crippen molar-refractivity contribution in [3.63, 3.8) is 0 Å². The van der Waals surface area contributed by atoms with E-state index in [0.29, 0.717) is 27.1 Å². The SMILES string of the molecule is O=C(O)c1cc2nc(-c3ccc(Cl)cc3)cc(-c3ccc(Cl)cc3)n2n1. The van der Waals surface area contributed by atoms with Crippen molar-refractivity contribution < 1.29 is 9.90 Å². The third-order valence-electron chi connectivity index (χ3n) is 3.93. The van der Waals surface area contributed by atoms with Gasteiger partial charge in [-0.05, 0) is 30.3 Å². The third-order valence-corrected chi connectivity index (χ3v) is 4.43. The summed E-state index contributed by atoms with van der Waals surface area (Å²) in [5.41, 5.74) is 3.49. The number of aromatic carboxylic acids is 1. The molecule has 0 amide bonds. The fourth-order valence-electron chi connectivity index (χ4n) is 2.67. The number of carboxylic acid groups (broad SMARTS) is 1. The van der Waals surface area contributed by atoms with Crippen molar-refractivity contribution in [2.24, 2.45) is 0 Å². The largest absolute Gasteiger partial charge is 0.476 e. The van der Waals surface area contributed by atoms with Crippen molar-refractivity contribution in [3.05, 3.63) is 76.4 Å². The number of halogens is 2. The molecule has 1 N–H and O–H groups in total. The molecule has 2 heterocycles. The molecule has 2 aromatic carbocycles. The minimum Gasteiger partial charge on any atom is -0.476 e. The lowest BCUT2D eigenvalue weighted by Gasteiger charge is -2.09. The van der Waals surface area contributed by atoms with Crippen LogP contribution in [0, 0.1) is 0 Å². The first kappa shape index (κ1) is 16.6. The maximum Gasteiger partial charge on any atom is 0.356 e. The zero-order valence-electron chi connectivity index (χ0n) is 13.2. The monoisotopic (exact) mass is 383 g/mol. The Hall–Kier alpha value is -2.89. The van der Waals surface area contributed by atoms with Crippen LogP contribution in [-0.2, 0) is 0 Å². The Balaban J connectivity index is 1.98. The van der Waals surface area contributed by atoms with E-state index in [1.807, 2.05) is 30.3 Å². The minimum atomic E-state index is -1.11. The third kappa shape index (κ3) is 3.03. The average Bonchev–Trinajstić information content (AvgIpc) is 3.07. The molecule has 0 radical (unpaired) electrons. The van der Waals surface area contributed by atoms with E-state index < -0.39 is 5.97 Å². The molecule has 0 spiro atoms. The van der Waals surface area contributed by atoms with Crippen LogP contribution >= 0.6 is 23.2 Å². The van der Waals surface area contributed by atoms with E-state index >= 15 is 0 Å². The number of hydrogen-bond acceptors (Lipinski definition) is 3. The molecule has 0 aliphatic heterocycles. The number of carboxylic acids is 1. The number of rotatable bonds is 3. The van der Waals surface area contributed by atoms with Gasteiger partial charge in [0, 0.05) is 27.2 Å². The zero-order valence-corrected chi connectivity index (χ0v) is 14.7. The molecule has 0 saturated heterocycles. The molecule has 0 saturated carbocycles. The highest BCUT2D eigenvalue weighted by Gasteiger charge is 2.15. The Morgan fingerprint density at radius 2 is 1.46 bits per heavy atom. The van der Waals surface area contributed by atoms with Crippen LogP contribution in [0.2, 0.25) is 10.0 Å². The molecule has 128 valence electrons. The summed E-state index contributed by atoms with van der Waals surface area (Å²) in [6.07, 6.45) is 0. The number of carbonyl (C=O) groups is 1. The van der Waals surface area contributed by atoms with Gasteiger partial charge in [-0.1, -0.05) is 47.5 Å². The van der Waals surface area contributed by atoms with E-state index in [1.165, 1.54) is 10.6 Å². The van der Waals surface area contributed by atoms with Crippen molar-refractivity contribution >= 4 is 34.8 Å². The Morgan fingerprint density at radius 1 is 0.885 bits per heavy atom. The molecule has 4 aromatic rings. The zero-order chi connectivity index (χ0) is 18.3. The van der Waals surface area contributed by atoms with Gasteiger partial charge in [-0.25, -0.2) is 14.3 Å².